The largest absolute Gasteiger partial charge is 0.347 e. The predicted molar refractivity (Wildman–Crippen MR) is 75.9 cm³/mol. The van der Waals surface area contributed by atoms with Crippen LogP contribution in [-0.2, 0) is 11.3 Å². The number of rotatable bonds is 4. The standard InChI is InChI=1S/C15H16N4O2/c20-15(12-4-2-1-3-5-12)17-10-13-18-14(19-21-13)11-6-8-16-9-7-11/h1-2,6-9,12H,3-5,10H2,(H,17,20). The minimum Gasteiger partial charge on any atom is -0.347 e. The molecule has 0 aromatic carbocycles. The van der Waals surface area contributed by atoms with Gasteiger partial charge in [0, 0.05) is 23.9 Å². The number of carbonyl (C=O) groups is 1. The first-order chi connectivity index (χ1) is 10.3. The van der Waals surface area contributed by atoms with Crippen LogP contribution in [0.5, 0.6) is 0 Å². The molecule has 0 radical (unpaired) electrons. The molecule has 1 amide bonds. The van der Waals surface area contributed by atoms with Crippen LogP contribution in [0.3, 0.4) is 0 Å². The van der Waals surface area contributed by atoms with Crippen LogP contribution in [0.4, 0.5) is 0 Å². The molecular formula is C15H16N4O2. The van der Waals surface area contributed by atoms with E-state index in [2.05, 4.69) is 32.6 Å². The average Bonchev–Trinajstić information content (AvgIpc) is 3.03. The SMILES string of the molecule is O=C(NCc1nc(-c2ccncc2)no1)C1CC=CCC1. The fourth-order valence-corrected chi connectivity index (χ4v) is 2.28. The molecule has 6 heteroatoms. The second-order valence-electron chi connectivity index (χ2n) is 4.95. The second kappa shape index (κ2) is 6.30. The fraction of sp³-hybridized carbons (Fsp3) is 0.333. The number of carbonyl (C=O) groups excluding carboxylic acids is 1. The first-order valence-electron chi connectivity index (χ1n) is 6.98. The zero-order valence-electron chi connectivity index (χ0n) is 11.5. The van der Waals surface area contributed by atoms with Crippen LogP contribution < -0.4 is 5.32 Å². The van der Waals surface area contributed by atoms with Crippen molar-refractivity contribution in [2.45, 2.75) is 25.8 Å². The summed E-state index contributed by atoms with van der Waals surface area (Å²) in [5, 5.41) is 6.75. The smallest absolute Gasteiger partial charge is 0.246 e. The minimum absolute atomic E-state index is 0.0445. The highest BCUT2D eigenvalue weighted by atomic mass is 16.5. The van der Waals surface area contributed by atoms with E-state index in [-0.39, 0.29) is 18.4 Å². The number of amides is 1. The Hall–Kier alpha value is -2.50. The summed E-state index contributed by atoms with van der Waals surface area (Å²) in [5.74, 6) is 1.00. The molecule has 1 atom stereocenters. The molecule has 2 aromatic heterocycles. The molecule has 0 bridgehead atoms. The van der Waals surface area contributed by atoms with Crippen molar-refractivity contribution in [3.05, 3.63) is 42.6 Å². The van der Waals surface area contributed by atoms with Crippen molar-refractivity contribution in [1.82, 2.24) is 20.4 Å². The highest BCUT2D eigenvalue weighted by Gasteiger charge is 2.19. The molecule has 6 nitrogen and oxygen atoms in total. The molecule has 2 heterocycles. The maximum Gasteiger partial charge on any atom is 0.246 e. The lowest BCUT2D eigenvalue weighted by Crippen LogP contribution is -2.30. The van der Waals surface area contributed by atoms with Crippen LogP contribution in [0.25, 0.3) is 11.4 Å². The summed E-state index contributed by atoms with van der Waals surface area (Å²) in [7, 11) is 0. The Morgan fingerprint density at radius 3 is 2.95 bits per heavy atom. The van der Waals surface area contributed by atoms with Crippen molar-refractivity contribution in [2.75, 3.05) is 0 Å². The van der Waals surface area contributed by atoms with Crippen molar-refractivity contribution in [3.8, 4) is 11.4 Å². The average molecular weight is 284 g/mol. The Morgan fingerprint density at radius 1 is 1.33 bits per heavy atom. The Kier molecular flexibility index (Phi) is 4.04. The van der Waals surface area contributed by atoms with Crippen LogP contribution >= 0.6 is 0 Å². The third kappa shape index (κ3) is 3.34. The van der Waals surface area contributed by atoms with E-state index in [1.165, 1.54) is 0 Å². The molecule has 0 saturated carbocycles. The third-order valence-corrected chi connectivity index (χ3v) is 3.46. The van der Waals surface area contributed by atoms with Crippen molar-refractivity contribution in [3.63, 3.8) is 0 Å². The second-order valence-corrected chi connectivity index (χ2v) is 4.95. The lowest BCUT2D eigenvalue weighted by atomic mass is 9.94. The normalized spacial score (nSPS) is 17.6. The molecule has 3 rings (SSSR count). The van der Waals surface area contributed by atoms with E-state index in [4.69, 9.17) is 4.52 Å². The topological polar surface area (TPSA) is 80.9 Å². The number of hydrogen-bond acceptors (Lipinski definition) is 5. The van der Waals surface area contributed by atoms with Gasteiger partial charge in [0.2, 0.25) is 17.6 Å². The van der Waals surface area contributed by atoms with E-state index in [1.54, 1.807) is 12.4 Å². The van der Waals surface area contributed by atoms with Gasteiger partial charge < -0.3 is 9.84 Å². The Bertz CT molecular complexity index is 636. The van der Waals surface area contributed by atoms with E-state index < -0.39 is 0 Å². The molecule has 1 aliphatic rings. The van der Waals surface area contributed by atoms with E-state index in [1.807, 2.05) is 12.1 Å². The molecule has 0 fully saturated rings. The van der Waals surface area contributed by atoms with E-state index in [0.717, 1.165) is 24.8 Å². The molecule has 108 valence electrons. The van der Waals surface area contributed by atoms with Gasteiger partial charge in [-0.1, -0.05) is 17.3 Å². The number of nitrogens with one attached hydrogen (secondary N) is 1. The van der Waals surface area contributed by atoms with Gasteiger partial charge in [-0.25, -0.2) is 0 Å². The summed E-state index contributed by atoms with van der Waals surface area (Å²) in [6, 6.07) is 3.61. The Morgan fingerprint density at radius 2 is 2.19 bits per heavy atom. The van der Waals surface area contributed by atoms with Gasteiger partial charge in [-0.15, -0.1) is 0 Å². The molecule has 1 unspecified atom stereocenters. The first-order valence-corrected chi connectivity index (χ1v) is 6.98. The monoisotopic (exact) mass is 284 g/mol. The quantitative estimate of drug-likeness (QED) is 0.870. The number of hydrogen-bond donors (Lipinski definition) is 1. The number of allylic oxidation sites excluding steroid dienone is 2. The summed E-state index contributed by atoms with van der Waals surface area (Å²) in [5.41, 5.74) is 0.837. The van der Waals surface area contributed by atoms with Gasteiger partial charge in [0.1, 0.15) is 0 Å². The molecule has 21 heavy (non-hydrogen) atoms. The first kappa shape index (κ1) is 13.5. The van der Waals surface area contributed by atoms with Crippen LogP contribution in [0.1, 0.15) is 25.2 Å². The number of aromatic nitrogens is 3. The predicted octanol–water partition coefficient (Wildman–Crippen LogP) is 2.10. The molecule has 0 aliphatic heterocycles. The van der Waals surface area contributed by atoms with E-state index >= 15 is 0 Å². The van der Waals surface area contributed by atoms with Gasteiger partial charge in [0.25, 0.3) is 0 Å². The van der Waals surface area contributed by atoms with Crippen molar-refractivity contribution in [2.24, 2.45) is 5.92 Å². The maximum absolute atomic E-state index is 12.0. The molecule has 2 aromatic rings. The minimum atomic E-state index is 0.0445. The van der Waals surface area contributed by atoms with Gasteiger partial charge in [0.05, 0.1) is 6.54 Å². The zero-order chi connectivity index (χ0) is 14.5. The van der Waals surface area contributed by atoms with E-state index in [0.29, 0.717) is 11.7 Å². The van der Waals surface area contributed by atoms with Crippen molar-refractivity contribution in [1.29, 1.82) is 0 Å². The fourth-order valence-electron chi connectivity index (χ4n) is 2.28. The molecule has 1 N–H and O–H groups in total. The summed E-state index contributed by atoms with van der Waals surface area (Å²) < 4.78 is 5.15. The van der Waals surface area contributed by atoms with Crippen LogP contribution in [0, 0.1) is 5.92 Å². The summed E-state index contributed by atoms with van der Waals surface area (Å²) >= 11 is 0. The molecular weight excluding hydrogens is 268 g/mol. The maximum atomic E-state index is 12.0. The van der Waals surface area contributed by atoms with Gasteiger partial charge in [-0.2, -0.15) is 4.98 Å². The lowest BCUT2D eigenvalue weighted by molar-refractivity contribution is -0.125. The molecule has 0 spiro atoms. The van der Waals surface area contributed by atoms with Gasteiger partial charge in [-0.3, -0.25) is 9.78 Å². The highest BCUT2D eigenvalue weighted by molar-refractivity contribution is 5.78. The number of nitrogens with zero attached hydrogens (tertiary/aromatic N) is 3. The van der Waals surface area contributed by atoms with Crippen LogP contribution in [0.2, 0.25) is 0 Å². The highest BCUT2D eigenvalue weighted by Crippen LogP contribution is 2.18. The van der Waals surface area contributed by atoms with Crippen molar-refractivity contribution < 1.29 is 9.32 Å². The molecule has 0 saturated heterocycles. The van der Waals surface area contributed by atoms with Gasteiger partial charge in [-0.05, 0) is 31.4 Å². The van der Waals surface area contributed by atoms with Crippen LogP contribution in [-0.4, -0.2) is 21.0 Å². The Labute approximate surface area is 122 Å². The summed E-state index contributed by atoms with van der Waals surface area (Å²) in [6.07, 6.45) is 10.2. The lowest BCUT2D eigenvalue weighted by Gasteiger charge is -2.16. The van der Waals surface area contributed by atoms with Gasteiger partial charge in [0.15, 0.2) is 0 Å². The van der Waals surface area contributed by atoms with Gasteiger partial charge >= 0.3 is 0 Å². The summed E-state index contributed by atoms with van der Waals surface area (Å²) in [6.45, 7) is 0.261. The van der Waals surface area contributed by atoms with E-state index in [9.17, 15) is 4.79 Å². The number of pyridine rings is 1. The Balaban J connectivity index is 1.58. The van der Waals surface area contributed by atoms with Crippen molar-refractivity contribution >= 4 is 5.91 Å². The van der Waals surface area contributed by atoms with Crippen LogP contribution in [0.15, 0.2) is 41.2 Å². The zero-order valence-corrected chi connectivity index (χ0v) is 11.5. The molecule has 1 aliphatic carbocycles. The summed E-state index contributed by atoms with van der Waals surface area (Å²) in [4.78, 5) is 20.2. The third-order valence-electron chi connectivity index (χ3n) is 3.46.